The van der Waals surface area contributed by atoms with Crippen molar-refractivity contribution >= 4 is 34.4 Å². The first kappa shape index (κ1) is 21.8. The lowest BCUT2D eigenvalue weighted by molar-refractivity contribution is -0.139. The van der Waals surface area contributed by atoms with Gasteiger partial charge in [0.25, 0.3) is 5.91 Å². The molecular formula is C22H22ClFN2O4. The number of hydrogen-bond donors (Lipinski definition) is 0. The number of nitrogens with zero attached hydrogens (tertiary/aromatic N) is 2. The molecule has 2 aromatic carbocycles. The Morgan fingerprint density at radius 2 is 1.77 bits per heavy atom. The molecule has 0 atom stereocenters. The largest absolute Gasteiger partial charge is 0.494 e. The molecule has 0 radical (unpaired) electrons. The summed E-state index contributed by atoms with van der Waals surface area (Å²) >= 11 is 5.95. The molecule has 0 amide bonds. The van der Waals surface area contributed by atoms with Crippen LogP contribution in [0, 0.1) is 5.82 Å². The highest BCUT2D eigenvalue weighted by atomic mass is 35.5. The summed E-state index contributed by atoms with van der Waals surface area (Å²) in [6, 6.07) is 9.53. The maximum atomic E-state index is 15.3. The molecule has 0 aliphatic heterocycles. The highest BCUT2D eigenvalue weighted by Gasteiger charge is 2.27. The van der Waals surface area contributed by atoms with E-state index in [1.807, 2.05) is 19.0 Å². The molecule has 6 nitrogen and oxygen atoms in total. The summed E-state index contributed by atoms with van der Waals surface area (Å²) < 4.78 is 26.7. The van der Waals surface area contributed by atoms with E-state index in [2.05, 4.69) is 0 Å². The van der Waals surface area contributed by atoms with Gasteiger partial charge in [-0.3, -0.25) is 14.2 Å². The molecule has 0 N–H and O–H groups in total. The van der Waals surface area contributed by atoms with Gasteiger partial charge in [-0.25, -0.2) is 4.39 Å². The van der Waals surface area contributed by atoms with Crippen LogP contribution in [0.2, 0.25) is 5.02 Å². The number of hydrogen-bond acceptors (Lipinski definition) is 5. The van der Waals surface area contributed by atoms with Crippen molar-refractivity contribution in [3.8, 4) is 5.75 Å². The minimum Gasteiger partial charge on any atom is -0.494 e. The second-order valence-electron chi connectivity index (χ2n) is 7.04. The van der Waals surface area contributed by atoms with Crippen LogP contribution in [0.5, 0.6) is 5.75 Å². The Morgan fingerprint density at radius 1 is 1.10 bits per heavy atom. The van der Waals surface area contributed by atoms with Crippen LogP contribution in [0.3, 0.4) is 0 Å². The van der Waals surface area contributed by atoms with Gasteiger partial charge in [0.1, 0.15) is 0 Å². The molecule has 1 heterocycles. The molecule has 0 aliphatic rings. The van der Waals surface area contributed by atoms with Gasteiger partial charge in [-0.05, 0) is 56.1 Å². The molecule has 0 bridgehead atoms. The normalized spacial score (nSPS) is 11.2. The fourth-order valence-corrected chi connectivity index (χ4v) is 3.55. The first-order valence-corrected chi connectivity index (χ1v) is 9.56. The van der Waals surface area contributed by atoms with Gasteiger partial charge in [0, 0.05) is 28.2 Å². The summed E-state index contributed by atoms with van der Waals surface area (Å²) in [5.41, 5.74) is 1.64. The van der Waals surface area contributed by atoms with Crippen molar-refractivity contribution < 1.29 is 23.5 Å². The van der Waals surface area contributed by atoms with Crippen LogP contribution in [0.1, 0.15) is 21.6 Å². The summed E-state index contributed by atoms with van der Waals surface area (Å²) in [6.07, 6.45) is -0.179. The zero-order chi connectivity index (χ0) is 22.0. The molecule has 0 fully saturated rings. The van der Waals surface area contributed by atoms with E-state index in [1.165, 1.54) is 24.9 Å². The average molecular weight is 433 g/mol. The first-order valence-electron chi connectivity index (χ1n) is 9.19. The summed E-state index contributed by atoms with van der Waals surface area (Å²) in [5.74, 6) is -1.48. The van der Waals surface area contributed by atoms with Crippen molar-refractivity contribution in [3.63, 3.8) is 0 Å². The molecule has 0 aliphatic carbocycles. The standard InChI is InChI=1S/C22H22ClFN2O4/c1-25(2)12-17-15(11-19(27)30-4)20-16(9-10-18(29-3)21(20)24)26(17)22(28)13-5-7-14(23)8-6-13/h5-10H,11-12H2,1-4H3. The highest BCUT2D eigenvalue weighted by molar-refractivity contribution is 6.30. The third-order valence-electron chi connectivity index (χ3n) is 4.77. The van der Waals surface area contributed by atoms with Gasteiger partial charge in [0.15, 0.2) is 11.6 Å². The number of halogens is 2. The minimum absolute atomic E-state index is 0.0288. The maximum Gasteiger partial charge on any atom is 0.310 e. The summed E-state index contributed by atoms with van der Waals surface area (Å²) in [7, 11) is 6.28. The zero-order valence-electron chi connectivity index (χ0n) is 17.2. The molecule has 0 saturated heterocycles. The van der Waals surface area contributed by atoms with E-state index in [0.717, 1.165) is 0 Å². The Bertz CT molecular complexity index is 1110. The Kier molecular flexibility index (Phi) is 6.43. The van der Waals surface area contributed by atoms with Gasteiger partial charge >= 0.3 is 5.97 Å². The van der Waals surface area contributed by atoms with Crippen molar-refractivity contribution in [1.82, 2.24) is 9.47 Å². The van der Waals surface area contributed by atoms with Crippen LogP contribution in [0.25, 0.3) is 10.9 Å². The maximum absolute atomic E-state index is 15.3. The third kappa shape index (κ3) is 4.04. The van der Waals surface area contributed by atoms with Crippen LogP contribution >= 0.6 is 11.6 Å². The van der Waals surface area contributed by atoms with E-state index in [9.17, 15) is 9.59 Å². The number of benzene rings is 2. The van der Waals surface area contributed by atoms with Crippen LogP contribution in [-0.2, 0) is 22.5 Å². The van der Waals surface area contributed by atoms with Gasteiger partial charge in [-0.1, -0.05) is 11.6 Å². The molecule has 30 heavy (non-hydrogen) atoms. The van der Waals surface area contributed by atoms with Gasteiger partial charge in [-0.15, -0.1) is 0 Å². The van der Waals surface area contributed by atoms with E-state index in [4.69, 9.17) is 21.1 Å². The number of fused-ring (bicyclic) bond motifs is 1. The second kappa shape index (κ2) is 8.85. The summed E-state index contributed by atoms with van der Waals surface area (Å²) in [5, 5.41) is 0.665. The SMILES string of the molecule is COC(=O)Cc1c(CN(C)C)n(C(=O)c2ccc(Cl)cc2)c2ccc(OC)c(F)c12. The number of rotatable bonds is 6. The van der Waals surface area contributed by atoms with Gasteiger partial charge < -0.3 is 14.4 Å². The van der Waals surface area contributed by atoms with Crippen LogP contribution in [0.4, 0.5) is 4.39 Å². The van der Waals surface area contributed by atoms with Crippen LogP contribution < -0.4 is 4.74 Å². The highest BCUT2D eigenvalue weighted by Crippen LogP contribution is 2.35. The fraction of sp³-hybridized carbons (Fsp3) is 0.273. The molecular weight excluding hydrogens is 411 g/mol. The van der Waals surface area contributed by atoms with Crippen molar-refractivity contribution in [3.05, 3.63) is 64.1 Å². The second-order valence-corrected chi connectivity index (χ2v) is 7.48. The van der Waals surface area contributed by atoms with E-state index >= 15 is 4.39 Å². The van der Waals surface area contributed by atoms with Gasteiger partial charge in [0.2, 0.25) is 0 Å². The average Bonchev–Trinajstić information content (AvgIpc) is 3.01. The smallest absolute Gasteiger partial charge is 0.310 e. The number of ether oxygens (including phenoxy) is 2. The first-order chi connectivity index (χ1) is 14.3. The molecule has 8 heteroatoms. The Hall–Kier alpha value is -2.90. The molecule has 0 spiro atoms. The lowest BCUT2D eigenvalue weighted by Crippen LogP contribution is -2.21. The monoisotopic (exact) mass is 432 g/mol. The lowest BCUT2D eigenvalue weighted by atomic mass is 10.1. The van der Waals surface area contributed by atoms with E-state index < -0.39 is 11.8 Å². The van der Waals surface area contributed by atoms with Crippen molar-refractivity contribution in [2.45, 2.75) is 13.0 Å². The number of esters is 1. The van der Waals surface area contributed by atoms with Crippen molar-refractivity contribution in [1.29, 1.82) is 0 Å². The Balaban J connectivity index is 2.36. The van der Waals surface area contributed by atoms with Gasteiger partial charge in [-0.2, -0.15) is 0 Å². The molecule has 0 saturated carbocycles. The number of carbonyl (C=O) groups excluding carboxylic acids is 2. The number of methoxy groups -OCH3 is 2. The van der Waals surface area contributed by atoms with Gasteiger partial charge in [0.05, 0.1) is 26.2 Å². The number of aromatic nitrogens is 1. The quantitative estimate of drug-likeness (QED) is 0.553. The summed E-state index contributed by atoms with van der Waals surface area (Å²) in [6.45, 7) is 0.308. The van der Waals surface area contributed by atoms with Crippen molar-refractivity contribution in [2.75, 3.05) is 28.3 Å². The summed E-state index contributed by atoms with van der Waals surface area (Å²) in [4.78, 5) is 27.4. The molecule has 1 aromatic heterocycles. The topological polar surface area (TPSA) is 60.8 Å². The van der Waals surface area contributed by atoms with Crippen LogP contribution in [-0.4, -0.2) is 49.7 Å². The predicted molar refractivity (Wildman–Crippen MR) is 113 cm³/mol. The zero-order valence-corrected chi connectivity index (χ0v) is 17.9. The molecule has 3 aromatic rings. The van der Waals surface area contributed by atoms with E-state index in [0.29, 0.717) is 33.9 Å². The van der Waals surface area contributed by atoms with Crippen molar-refractivity contribution in [2.24, 2.45) is 0 Å². The number of carbonyl (C=O) groups is 2. The Labute approximate surface area is 178 Å². The molecule has 0 unspecified atom stereocenters. The molecule has 3 rings (SSSR count). The van der Waals surface area contributed by atoms with E-state index in [-0.39, 0.29) is 23.5 Å². The van der Waals surface area contributed by atoms with E-state index in [1.54, 1.807) is 30.3 Å². The Morgan fingerprint density at radius 3 is 2.33 bits per heavy atom. The molecule has 158 valence electrons. The lowest BCUT2D eigenvalue weighted by Gasteiger charge is -2.15. The third-order valence-corrected chi connectivity index (χ3v) is 5.03. The predicted octanol–water partition coefficient (Wildman–Crippen LogP) is 3.91. The van der Waals surface area contributed by atoms with Crippen LogP contribution in [0.15, 0.2) is 36.4 Å². The fourth-order valence-electron chi connectivity index (χ4n) is 3.43. The minimum atomic E-state index is -0.628.